The van der Waals surface area contributed by atoms with Gasteiger partial charge in [0.25, 0.3) is 0 Å². The number of hydrogen-bond acceptors (Lipinski definition) is 4. The first-order valence-corrected chi connectivity index (χ1v) is 8.93. The summed E-state index contributed by atoms with van der Waals surface area (Å²) < 4.78 is 11.8. The highest BCUT2D eigenvalue weighted by Crippen LogP contribution is 2.61. The molecule has 1 aliphatic heterocycles. The van der Waals surface area contributed by atoms with Crippen LogP contribution in [0.3, 0.4) is 0 Å². The van der Waals surface area contributed by atoms with E-state index in [2.05, 4.69) is 0 Å². The van der Waals surface area contributed by atoms with E-state index < -0.39 is 11.5 Å². The maximum Gasteiger partial charge on any atom is 0.247 e. The van der Waals surface area contributed by atoms with E-state index in [0.717, 1.165) is 11.1 Å². The van der Waals surface area contributed by atoms with Gasteiger partial charge in [0.2, 0.25) is 5.91 Å². The van der Waals surface area contributed by atoms with Crippen LogP contribution in [0.15, 0.2) is 42.5 Å². The van der Waals surface area contributed by atoms with E-state index in [0.29, 0.717) is 23.1 Å². The van der Waals surface area contributed by atoms with Crippen molar-refractivity contribution in [3.63, 3.8) is 0 Å². The maximum atomic E-state index is 12.2. The van der Waals surface area contributed by atoms with E-state index in [1.54, 1.807) is 5.48 Å². The second-order valence-electron chi connectivity index (χ2n) is 7.44. The van der Waals surface area contributed by atoms with Crippen LogP contribution in [0.25, 0.3) is 0 Å². The van der Waals surface area contributed by atoms with Crippen molar-refractivity contribution in [3.05, 3.63) is 58.6 Å². The van der Waals surface area contributed by atoms with Crippen molar-refractivity contribution < 1.29 is 19.5 Å². The summed E-state index contributed by atoms with van der Waals surface area (Å²) in [6.45, 7) is 4.32. The van der Waals surface area contributed by atoms with Crippen LogP contribution in [-0.2, 0) is 4.79 Å². The lowest BCUT2D eigenvalue weighted by atomic mass is 10.0. The molecular formula is C20H20ClNO4. The van der Waals surface area contributed by atoms with E-state index in [1.165, 1.54) is 0 Å². The van der Waals surface area contributed by atoms with E-state index in [9.17, 15) is 4.79 Å². The number of carbonyl (C=O) groups is 1. The van der Waals surface area contributed by atoms with Gasteiger partial charge in [-0.05, 0) is 37.1 Å². The number of carbonyl (C=O) groups excluding carboxylic acids is 1. The number of benzene rings is 2. The van der Waals surface area contributed by atoms with Gasteiger partial charge in [0.1, 0.15) is 12.2 Å². The summed E-state index contributed by atoms with van der Waals surface area (Å²) in [4.78, 5) is 12.2. The van der Waals surface area contributed by atoms with Gasteiger partial charge >= 0.3 is 0 Å². The molecule has 0 aromatic heterocycles. The number of nitrogens with one attached hydrogen (secondary N) is 1. The van der Waals surface area contributed by atoms with Crippen molar-refractivity contribution in [3.8, 4) is 11.5 Å². The molecule has 4 rings (SSSR count). The van der Waals surface area contributed by atoms with Gasteiger partial charge in [0.15, 0.2) is 11.5 Å². The number of amides is 1. The maximum absolute atomic E-state index is 12.2. The normalized spacial score (nSPS) is 25.5. The molecule has 3 atom stereocenters. The number of ether oxygens (including phenoxy) is 2. The van der Waals surface area contributed by atoms with Gasteiger partial charge in [-0.15, -0.1) is 0 Å². The Labute approximate surface area is 156 Å². The van der Waals surface area contributed by atoms with Crippen molar-refractivity contribution in [1.82, 2.24) is 5.48 Å². The van der Waals surface area contributed by atoms with Gasteiger partial charge in [-0.2, -0.15) is 0 Å². The predicted molar refractivity (Wildman–Crippen MR) is 97.0 cm³/mol. The molecule has 0 radical (unpaired) electrons. The molecule has 26 heavy (non-hydrogen) atoms. The molecule has 5 nitrogen and oxygen atoms in total. The average molecular weight is 374 g/mol. The lowest BCUT2D eigenvalue weighted by molar-refractivity contribution is -0.130. The standard InChI is InChI=1S/C20H20ClNO4/c1-20(2)10-25-18-13(21)8-12(9-14(18)26-20)16-15(17(16)19(23)22-24)11-6-4-3-5-7-11/h3-9,15-17,24H,10H2,1-2H3,(H,22,23)/t15-,16-,17-/m1/s1. The third-order valence-corrected chi connectivity index (χ3v) is 5.27. The van der Waals surface area contributed by atoms with Gasteiger partial charge in [-0.1, -0.05) is 41.9 Å². The first kappa shape index (κ1) is 17.2. The van der Waals surface area contributed by atoms with Crippen LogP contribution in [0.2, 0.25) is 5.02 Å². The van der Waals surface area contributed by atoms with Gasteiger partial charge < -0.3 is 9.47 Å². The predicted octanol–water partition coefficient (Wildman–Crippen LogP) is 3.89. The third-order valence-electron chi connectivity index (χ3n) is 4.98. The Kier molecular flexibility index (Phi) is 4.09. The number of halogens is 1. The minimum atomic E-state index is -0.445. The van der Waals surface area contributed by atoms with Crippen LogP contribution in [0.4, 0.5) is 0 Å². The molecule has 0 unspecified atom stereocenters. The van der Waals surface area contributed by atoms with Gasteiger partial charge in [-0.25, -0.2) is 5.48 Å². The molecule has 1 aliphatic carbocycles. The molecule has 6 heteroatoms. The molecule has 2 aliphatic rings. The number of hydrogen-bond donors (Lipinski definition) is 2. The van der Waals surface area contributed by atoms with Gasteiger partial charge in [-0.3, -0.25) is 10.0 Å². The minimum Gasteiger partial charge on any atom is -0.484 e. The largest absolute Gasteiger partial charge is 0.484 e. The molecule has 136 valence electrons. The molecule has 1 saturated carbocycles. The highest BCUT2D eigenvalue weighted by molar-refractivity contribution is 6.32. The van der Waals surface area contributed by atoms with Crippen molar-refractivity contribution in [1.29, 1.82) is 0 Å². The Morgan fingerprint density at radius 3 is 2.58 bits per heavy atom. The SMILES string of the molecule is CC1(C)COc2c(Cl)cc([C@H]3[C@H](C(=O)NO)[C@@H]3c3ccccc3)cc2O1. The highest BCUT2D eigenvalue weighted by Gasteiger charge is 2.56. The lowest BCUT2D eigenvalue weighted by Crippen LogP contribution is -2.38. The van der Waals surface area contributed by atoms with Gasteiger partial charge in [0, 0.05) is 11.8 Å². The molecule has 1 heterocycles. The van der Waals surface area contributed by atoms with Gasteiger partial charge in [0.05, 0.1) is 10.9 Å². The number of fused-ring (bicyclic) bond motifs is 1. The van der Waals surface area contributed by atoms with E-state index in [-0.39, 0.29) is 17.8 Å². The molecule has 2 aromatic carbocycles. The van der Waals surface area contributed by atoms with Crippen molar-refractivity contribution >= 4 is 17.5 Å². The fraction of sp³-hybridized carbons (Fsp3) is 0.350. The average Bonchev–Trinajstić information content (AvgIpc) is 3.36. The molecule has 0 bridgehead atoms. The van der Waals surface area contributed by atoms with Crippen LogP contribution in [0, 0.1) is 5.92 Å². The molecule has 0 saturated heterocycles. The lowest BCUT2D eigenvalue weighted by Gasteiger charge is -2.33. The monoisotopic (exact) mass is 373 g/mol. The first-order chi connectivity index (χ1) is 12.4. The fourth-order valence-electron chi connectivity index (χ4n) is 3.79. The smallest absolute Gasteiger partial charge is 0.247 e. The topological polar surface area (TPSA) is 67.8 Å². The Morgan fingerprint density at radius 2 is 1.88 bits per heavy atom. The van der Waals surface area contributed by atoms with Crippen molar-refractivity contribution in [2.75, 3.05) is 6.61 Å². The fourth-order valence-corrected chi connectivity index (χ4v) is 4.06. The van der Waals surface area contributed by atoms with E-state index in [4.69, 9.17) is 26.3 Å². The molecule has 1 amide bonds. The van der Waals surface area contributed by atoms with E-state index in [1.807, 2.05) is 56.3 Å². The molecule has 2 N–H and O–H groups in total. The Morgan fingerprint density at radius 1 is 1.19 bits per heavy atom. The summed E-state index contributed by atoms with van der Waals surface area (Å²) >= 11 is 6.41. The van der Waals surface area contributed by atoms with Crippen molar-refractivity contribution in [2.45, 2.75) is 31.3 Å². The number of hydroxylamine groups is 1. The van der Waals surface area contributed by atoms with Crippen LogP contribution >= 0.6 is 11.6 Å². The zero-order chi connectivity index (χ0) is 18.5. The first-order valence-electron chi connectivity index (χ1n) is 8.55. The summed E-state index contributed by atoms with van der Waals surface area (Å²) in [5.41, 5.74) is 3.30. The third kappa shape index (κ3) is 2.91. The molecule has 2 aromatic rings. The summed E-state index contributed by atoms with van der Waals surface area (Å²) in [6.07, 6.45) is 0. The second kappa shape index (κ2) is 6.18. The Bertz CT molecular complexity index is 852. The number of rotatable bonds is 3. The second-order valence-corrected chi connectivity index (χ2v) is 7.85. The van der Waals surface area contributed by atoms with E-state index >= 15 is 0 Å². The van der Waals surface area contributed by atoms with Crippen molar-refractivity contribution in [2.24, 2.45) is 5.92 Å². The zero-order valence-electron chi connectivity index (χ0n) is 14.5. The summed E-state index contributed by atoms with van der Waals surface area (Å²) in [5.74, 6) is 0.278. The van der Waals surface area contributed by atoms with Crippen LogP contribution < -0.4 is 15.0 Å². The summed E-state index contributed by atoms with van der Waals surface area (Å²) in [7, 11) is 0. The zero-order valence-corrected chi connectivity index (χ0v) is 15.3. The van der Waals surface area contributed by atoms with Crippen LogP contribution in [0.1, 0.15) is 36.8 Å². The van der Waals surface area contributed by atoms with Crippen LogP contribution in [-0.4, -0.2) is 23.3 Å². The highest BCUT2D eigenvalue weighted by atomic mass is 35.5. The quantitative estimate of drug-likeness (QED) is 0.632. The Hall–Kier alpha value is -2.24. The molecule has 0 spiro atoms. The van der Waals surface area contributed by atoms with Crippen LogP contribution in [0.5, 0.6) is 11.5 Å². The minimum absolute atomic E-state index is 0.0185. The molecular weight excluding hydrogens is 354 g/mol. The Balaban J connectivity index is 1.72. The summed E-state index contributed by atoms with van der Waals surface area (Å²) in [5, 5.41) is 9.59. The summed E-state index contributed by atoms with van der Waals surface area (Å²) in [6, 6.07) is 13.5. The molecule has 1 fully saturated rings.